The molecule has 192 valence electrons. The number of anilines is 1. The van der Waals surface area contributed by atoms with Crippen molar-refractivity contribution in [1.29, 1.82) is 0 Å². The van der Waals surface area contributed by atoms with E-state index in [1.54, 1.807) is 19.9 Å². The molecule has 0 unspecified atom stereocenters. The number of rotatable bonds is 11. The van der Waals surface area contributed by atoms with Gasteiger partial charge in [0, 0.05) is 6.92 Å². The first kappa shape index (κ1) is 29.6. The summed E-state index contributed by atoms with van der Waals surface area (Å²) >= 11 is 0. The highest BCUT2D eigenvalue weighted by Gasteiger charge is 2.16. The van der Waals surface area contributed by atoms with Crippen molar-refractivity contribution in [3.05, 3.63) is 72.1 Å². The minimum absolute atomic E-state index is 0.0240. The number of aromatic nitrogens is 2. The second kappa shape index (κ2) is 15.4. The van der Waals surface area contributed by atoms with Crippen molar-refractivity contribution in [2.24, 2.45) is 5.73 Å². The van der Waals surface area contributed by atoms with Crippen LogP contribution >= 0.6 is 0 Å². The molecule has 0 atom stereocenters. The summed E-state index contributed by atoms with van der Waals surface area (Å²) in [6, 6.07) is 7.39. The molecule has 0 spiro atoms. The van der Waals surface area contributed by atoms with E-state index in [-0.39, 0.29) is 29.7 Å². The standard InChI is InChI=1S/C23H26N4O4.C3H6O2/c1-5-7-18(12-15(3)13-21(29)31-6-2)17-8-10-19(11-9-17)27-14-20(25-16(4)28)22(26-27)23(24)30;1-2-5-3-4/h5,7-12,14H,1,6,13H2,2-4H3,(H2,24,30)(H,25,28);3H,2H2,1H3/b15-12-,18-7+;. The number of nitrogens with one attached hydrogen (secondary N) is 1. The number of primary amides is 1. The summed E-state index contributed by atoms with van der Waals surface area (Å²) in [6.45, 7) is 11.7. The van der Waals surface area contributed by atoms with Crippen LogP contribution in [0.3, 0.4) is 0 Å². The van der Waals surface area contributed by atoms with Crippen LogP contribution in [0.2, 0.25) is 0 Å². The molecule has 3 N–H and O–H groups in total. The predicted molar refractivity (Wildman–Crippen MR) is 137 cm³/mol. The molecule has 0 aliphatic rings. The summed E-state index contributed by atoms with van der Waals surface area (Å²) < 4.78 is 10.6. The average molecular weight is 497 g/mol. The van der Waals surface area contributed by atoms with Crippen molar-refractivity contribution in [3.63, 3.8) is 0 Å². The number of benzene rings is 1. The van der Waals surface area contributed by atoms with Crippen LogP contribution in [0.25, 0.3) is 11.3 Å². The van der Waals surface area contributed by atoms with E-state index in [1.807, 2.05) is 43.3 Å². The Kier molecular flexibility index (Phi) is 12.7. The van der Waals surface area contributed by atoms with E-state index in [4.69, 9.17) is 10.5 Å². The Labute approximate surface area is 210 Å². The zero-order valence-electron chi connectivity index (χ0n) is 20.9. The van der Waals surface area contributed by atoms with Crippen LogP contribution in [0.5, 0.6) is 0 Å². The summed E-state index contributed by atoms with van der Waals surface area (Å²) in [6.07, 6.45) is 7.15. The first-order valence-electron chi connectivity index (χ1n) is 11.1. The van der Waals surface area contributed by atoms with Crippen LogP contribution in [0.15, 0.2) is 60.8 Å². The number of carbonyl (C=O) groups is 4. The molecule has 2 aromatic rings. The van der Waals surface area contributed by atoms with E-state index in [9.17, 15) is 19.2 Å². The van der Waals surface area contributed by atoms with E-state index in [0.717, 1.165) is 16.7 Å². The van der Waals surface area contributed by atoms with Gasteiger partial charge in [0.1, 0.15) is 0 Å². The molecule has 0 aliphatic carbocycles. The van der Waals surface area contributed by atoms with Gasteiger partial charge in [-0.3, -0.25) is 19.2 Å². The smallest absolute Gasteiger partial charge is 0.309 e. The fourth-order valence-corrected chi connectivity index (χ4v) is 2.95. The summed E-state index contributed by atoms with van der Waals surface area (Å²) in [5.41, 5.74) is 8.88. The molecule has 0 bridgehead atoms. The molecule has 0 saturated heterocycles. The highest BCUT2D eigenvalue weighted by atomic mass is 16.5. The Morgan fingerprint density at radius 2 is 1.81 bits per heavy atom. The van der Waals surface area contributed by atoms with Gasteiger partial charge in [-0.25, -0.2) is 4.68 Å². The third-order valence-electron chi connectivity index (χ3n) is 4.39. The van der Waals surface area contributed by atoms with Crippen molar-refractivity contribution in [2.75, 3.05) is 18.5 Å². The fourth-order valence-electron chi connectivity index (χ4n) is 2.95. The van der Waals surface area contributed by atoms with Crippen LogP contribution < -0.4 is 11.1 Å². The first-order valence-corrected chi connectivity index (χ1v) is 11.1. The van der Waals surface area contributed by atoms with Gasteiger partial charge in [0.25, 0.3) is 12.4 Å². The topological polar surface area (TPSA) is 143 Å². The minimum atomic E-state index is -0.738. The van der Waals surface area contributed by atoms with Crippen molar-refractivity contribution < 1.29 is 28.7 Å². The normalized spacial score (nSPS) is 11.0. The highest BCUT2D eigenvalue weighted by molar-refractivity contribution is 6.01. The van der Waals surface area contributed by atoms with Gasteiger partial charge >= 0.3 is 5.97 Å². The number of allylic oxidation sites excluding steroid dienone is 4. The molecule has 1 aromatic carbocycles. The monoisotopic (exact) mass is 496 g/mol. The lowest BCUT2D eigenvalue weighted by molar-refractivity contribution is -0.142. The number of hydrogen-bond acceptors (Lipinski definition) is 7. The lowest BCUT2D eigenvalue weighted by Gasteiger charge is -2.08. The summed E-state index contributed by atoms with van der Waals surface area (Å²) in [5.74, 6) is -1.34. The van der Waals surface area contributed by atoms with Gasteiger partial charge in [-0.05, 0) is 44.0 Å². The number of carbonyl (C=O) groups excluding carboxylic acids is 4. The molecule has 0 aliphatic heterocycles. The van der Waals surface area contributed by atoms with E-state index in [1.165, 1.54) is 17.8 Å². The first-order chi connectivity index (χ1) is 17.2. The van der Waals surface area contributed by atoms with E-state index in [0.29, 0.717) is 25.4 Å². The molecule has 0 fully saturated rings. The van der Waals surface area contributed by atoms with Crippen LogP contribution in [-0.4, -0.2) is 47.3 Å². The highest BCUT2D eigenvalue weighted by Crippen LogP contribution is 2.22. The zero-order chi connectivity index (χ0) is 27.1. The van der Waals surface area contributed by atoms with Gasteiger partial charge in [0.2, 0.25) is 5.91 Å². The van der Waals surface area contributed by atoms with E-state index < -0.39 is 5.91 Å². The number of nitrogens with two attached hydrogens (primary N) is 1. The second-order valence-corrected chi connectivity index (χ2v) is 7.31. The fraction of sp³-hybridized carbons (Fsp3) is 0.269. The second-order valence-electron chi connectivity index (χ2n) is 7.31. The minimum Gasteiger partial charge on any atom is -0.468 e. The predicted octanol–water partition coefficient (Wildman–Crippen LogP) is 3.58. The Balaban J connectivity index is 0.00000118. The molecule has 36 heavy (non-hydrogen) atoms. The van der Waals surface area contributed by atoms with Crippen LogP contribution in [-0.2, 0) is 23.9 Å². The number of ether oxygens (including phenoxy) is 2. The van der Waals surface area contributed by atoms with Gasteiger partial charge in [0.15, 0.2) is 5.69 Å². The largest absolute Gasteiger partial charge is 0.468 e. The quantitative estimate of drug-likeness (QED) is 0.275. The van der Waals surface area contributed by atoms with Gasteiger partial charge < -0.3 is 20.5 Å². The molecule has 2 amide bonds. The van der Waals surface area contributed by atoms with Crippen LogP contribution in [0.4, 0.5) is 5.69 Å². The third kappa shape index (κ3) is 9.80. The van der Waals surface area contributed by atoms with Crippen LogP contribution in [0, 0.1) is 0 Å². The Morgan fingerprint density at radius 1 is 1.14 bits per heavy atom. The molecule has 1 heterocycles. The maximum Gasteiger partial charge on any atom is 0.309 e. The molecule has 0 radical (unpaired) electrons. The molecule has 10 heteroatoms. The van der Waals surface area contributed by atoms with Gasteiger partial charge in [-0.15, -0.1) is 0 Å². The summed E-state index contributed by atoms with van der Waals surface area (Å²) in [7, 11) is 0. The van der Waals surface area contributed by atoms with Gasteiger partial charge in [-0.2, -0.15) is 5.10 Å². The third-order valence-corrected chi connectivity index (χ3v) is 4.39. The molecular weight excluding hydrogens is 464 g/mol. The Hall–Kier alpha value is -4.47. The maximum atomic E-state index is 11.7. The average Bonchev–Trinajstić information content (AvgIpc) is 3.23. The van der Waals surface area contributed by atoms with Gasteiger partial charge in [0.05, 0.1) is 37.2 Å². The van der Waals surface area contributed by atoms with Crippen LogP contribution in [0.1, 0.15) is 50.2 Å². The zero-order valence-corrected chi connectivity index (χ0v) is 20.9. The Bertz CT molecular complexity index is 1130. The van der Waals surface area contributed by atoms with E-state index >= 15 is 0 Å². The van der Waals surface area contributed by atoms with Crippen molar-refractivity contribution in [2.45, 2.75) is 34.1 Å². The molecule has 1 aromatic heterocycles. The lowest BCUT2D eigenvalue weighted by atomic mass is 10.0. The molecule has 10 nitrogen and oxygen atoms in total. The number of amides is 2. The molecular formula is C26H32N4O6. The van der Waals surface area contributed by atoms with Crippen molar-refractivity contribution >= 4 is 35.5 Å². The SMILES string of the molecule is C=C/C=C(\C=C(\C)CC(=O)OCC)c1ccc(-n2cc(NC(C)=O)c(C(N)=O)n2)cc1.CCOC=O. The van der Waals surface area contributed by atoms with Crippen molar-refractivity contribution in [3.8, 4) is 5.69 Å². The number of hydrogen-bond donors (Lipinski definition) is 2. The maximum absolute atomic E-state index is 11.7. The molecule has 0 saturated carbocycles. The van der Waals surface area contributed by atoms with Gasteiger partial charge in [-0.1, -0.05) is 42.5 Å². The summed E-state index contributed by atoms with van der Waals surface area (Å²) in [4.78, 5) is 43.9. The lowest BCUT2D eigenvalue weighted by Crippen LogP contribution is -2.16. The Morgan fingerprint density at radius 3 is 2.28 bits per heavy atom. The summed E-state index contributed by atoms with van der Waals surface area (Å²) in [5, 5.41) is 6.72. The number of esters is 1. The number of nitrogens with zero attached hydrogens (tertiary/aromatic N) is 2. The van der Waals surface area contributed by atoms with E-state index in [2.05, 4.69) is 21.7 Å². The molecule has 2 rings (SSSR count). The van der Waals surface area contributed by atoms with Crippen molar-refractivity contribution in [1.82, 2.24) is 9.78 Å².